The zero-order chi connectivity index (χ0) is 9.40. The van der Waals surface area contributed by atoms with E-state index in [1.54, 1.807) is 7.11 Å². The molecule has 0 radical (unpaired) electrons. The van der Waals surface area contributed by atoms with Gasteiger partial charge >= 0.3 is 0 Å². The lowest BCUT2D eigenvalue weighted by molar-refractivity contribution is 0.182. The van der Waals surface area contributed by atoms with Crippen LogP contribution in [-0.4, -0.2) is 43.9 Å². The van der Waals surface area contributed by atoms with Gasteiger partial charge in [0, 0.05) is 27.2 Å². The van der Waals surface area contributed by atoms with Gasteiger partial charge in [-0.2, -0.15) is 0 Å². The Labute approximate surface area is 80.1 Å². The molecule has 0 fully saturated rings. The average molecular weight is 190 g/mol. The first kappa shape index (κ1) is 11.6. The van der Waals surface area contributed by atoms with Crippen molar-refractivity contribution in [2.45, 2.75) is 13.3 Å². The molecular weight excluding hydrogens is 172 g/mol. The predicted octanol–water partition coefficient (Wildman–Crippen LogP) is 0.849. The Morgan fingerprint density at radius 1 is 1.58 bits per heavy atom. The van der Waals surface area contributed by atoms with E-state index in [9.17, 15) is 0 Å². The Balaban J connectivity index is 3.47. The number of rotatable bonds is 5. The number of methoxy groups -OCH3 is 1. The number of nitrogens with one attached hydrogen (secondary N) is 1. The zero-order valence-corrected chi connectivity index (χ0v) is 8.91. The molecule has 4 heteroatoms. The topological polar surface area (TPSA) is 24.5 Å². The Bertz CT molecular complexity index is 130. The van der Waals surface area contributed by atoms with Gasteiger partial charge in [-0.15, -0.1) is 0 Å². The van der Waals surface area contributed by atoms with Crippen LogP contribution < -0.4 is 5.32 Å². The van der Waals surface area contributed by atoms with E-state index in [0.717, 1.165) is 24.6 Å². The molecule has 0 amide bonds. The molecule has 3 nitrogen and oxygen atoms in total. The molecule has 0 aromatic carbocycles. The van der Waals surface area contributed by atoms with Crippen molar-refractivity contribution < 1.29 is 4.74 Å². The third kappa shape index (κ3) is 5.32. The summed E-state index contributed by atoms with van der Waals surface area (Å²) in [7, 11) is 3.65. The molecular formula is C8H18N2OS. The van der Waals surface area contributed by atoms with Gasteiger partial charge in [-0.05, 0) is 18.6 Å². The second-order valence-corrected chi connectivity index (χ2v) is 3.03. The molecule has 0 aliphatic heterocycles. The van der Waals surface area contributed by atoms with Crippen LogP contribution in [0.25, 0.3) is 0 Å². The van der Waals surface area contributed by atoms with Crippen molar-refractivity contribution in [2.75, 3.05) is 33.9 Å². The summed E-state index contributed by atoms with van der Waals surface area (Å²) in [5, 5.41) is 3.94. The summed E-state index contributed by atoms with van der Waals surface area (Å²) in [6, 6.07) is 0. The van der Waals surface area contributed by atoms with Gasteiger partial charge in [0.2, 0.25) is 0 Å². The van der Waals surface area contributed by atoms with Gasteiger partial charge in [0.15, 0.2) is 5.11 Å². The third-order valence-electron chi connectivity index (χ3n) is 1.50. The van der Waals surface area contributed by atoms with Crippen LogP contribution in [0.2, 0.25) is 0 Å². The summed E-state index contributed by atoms with van der Waals surface area (Å²) in [6.45, 7) is 4.61. The van der Waals surface area contributed by atoms with Crippen molar-refractivity contribution in [3.8, 4) is 0 Å². The Kier molecular flexibility index (Phi) is 7.09. The number of nitrogens with zero attached hydrogens (tertiary/aromatic N) is 1. The van der Waals surface area contributed by atoms with Gasteiger partial charge in [-0.3, -0.25) is 0 Å². The van der Waals surface area contributed by atoms with E-state index in [1.165, 1.54) is 0 Å². The second-order valence-electron chi connectivity index (χ2n) is 2.65. The molecule has 0 aromatic heterocycles. The van der Waals surface area contributed by atoms with Gasteiger partial charge in [0.05, 0.1) is 6.61 Å². The van der Waals surface area contributed by atoms with Gasteiger partial charge < -0.3 is 15.0 Å². The molecule has 0 aliphatic carbocycles. The van der Waals surface area contributed by atoms with E-state index >= 15 is 0 Å². The first-order valence-corrected chi connectivity index (χ1v) is 4.61. The van der Waals surface area contributed by atoms with Crippen molar-refractivity contribution in [3.63, 3.8) is 0 Å². The molecule has 0 rings (SSSR count). The zero-order valence-electron chi connectivity index (χ0n) is 8.09. The third-order valence-corrected chi connectivity index (χ3v) is 1.96. The fourth-order valence-corrected chi connectivity index (χ4v) is 0.890. The average Bonchev–Trinajstić information content (AvgIpc) is 2.10. The smallest absolute Gasteiger partial charge is 0.168 e. The van der Waals surface area contributed by atoms with Gasteiger partial charge in [0.25, 0.3) is 0 Å². The minimum absolute atomic E-state index is 0.713. The summed E-state index contributed by atoms with van der Waals surface area (Å²) >= 11 is 5.11. The molecule has 1 N–H and O–H groups in total. The van der Waals surface area contributed by atoms with Crippen LogP contribution in [0, 0.1) is 0 Å². The molecule has 72 valence electrons. The Morgan fingerprint density at radius 3 is 2.75 bits per heavy atom. The van der Waals surface area contributed by atoms with Gasteiger partial charge in [-0.25, -0.2) is 0 Å². The summed E-state index contributed by atoms with van der Waals surface area (Å²) < 4.78 is 4.94. The van der Waals surface area contributed by atoms with Gasteiger partial charge in [-0.1, -0.05) is 6.92 Å². The SMILES string of the molecule is CCCNC(=S)N(C)CCOC. The number of hydrogen-bond acceptors (Lipinski definition) is 2. The fraction of sp³-hybridized carbons (Fsp3) is 0.875. The van der Waals surface area contributed by atoms with Crippen LogP contribution >= 0.6 is 12.2 Å². The predicted molar refractivity (Wildman–Crippen MR) is 55.4 cm³/mol. The van der Waals surface area contributed by atoms with Crippen molar-refractivity contribution in [2.24, 2.45) is 0 Å². The molecule has 0 atom stereocenters. The van der Waals surface area contributed by atoms with Crippen LogP contribution in [0.4, 0.5) is 0 Å². The molecule has 0 spiro atoms. The van der Waals surface area contributed by atoms with E-state index in [2.05, 4.69) is 12.2 Å². The van der Waals surface area contributed by atoms with Crippen molar-refractivity contribution >= 4 is 17.3 Å². The minimum atomic E-state index is 0.713. The van der Waals surface area contributed by atoms with E-state index in [-0.39, 0.29) is 0 Å². The van der Waals surface area contributed by atoms with Gasteiger partial charge in [0.1, 0.15) is 0 Å². The normalized spacial score (nSPS) is 9.58. The van der Waals surface area contributed by atoms with Crippen molar-refractivity contribution in [1.29, 1.82) is 0 Å². The van der Waals surface area contributed by atoms with Crippen LogP contribution in [0.5, 0.6) is 0 Å². The molecule has 0 saturated heterocycles. The maximum absolute atomic E-state index is 5.11. The molecule has 0 aromatic rings. The first-order chi connectivity index (χ1) is 5.72. The highest BCUT2D eigenvalue weighted by atomic mass is 32.1. The molecule has 0 aliphatic rings. The van der Waals surface area contributed by atoms with Crippen LogP contribution in [0.1, 0.15) is 13.3 Å². The van der Waals surface area contributed by atoms with E-state index < -0.39 is 0 Å². The highest BCUT2D eigenvalue weighted by Crippen LogP contribution is 1.85. The van der Waals surface area contributed by atoms with Crippen LogP contribution in [0.3, 0.4) is 0 Å². The highest BCUT2D eigenvalue weighted by Gasteiger charge is 2.00. The fourth-order valence-electron chi connectivity index (χ4n) is 0.697. The Hall–Kier alpha value is -0.350. The van der Waals surface area contributed by atoms with Crippen LogP contribution in [0.15, 0.2) is 0 Å². The number of hydrogen-bond donors (Lipinski definition) is 1. The summed E-state index contributed by atoms with van der Waals surface area (Å²) in [5.74, 6) is 0. The summed E-state index contributed by atoms with van der Waals surface area (Å²) in [6.07, 6.45) is 1.10. The highest BCUT2D eigenvalue weighted by molar-refractivity contribution is 7.80. The summed E-state index contributed by atoms with van der Waals surface area (Å²) in [4.78, 5) is 1.98. The van der Waals surface area contributed by atoms with E-state index in [4.69, 9.17) is 17.0 Å². The lowest BCUT2D eigenvalue weighted by Gasteiger charge is -2.20. The summed E-state index contributed by atoms with van der Waals surface area (Å²) in [5.41, 5.74) is 0. The van der Waals surface area contributed by atoms with Crippen molar-refractivity contribution in [3.05, 3.63) is 0 Å². The van der Waals surface area contributed by atoms with E-state index in [1.807, 2.05) is 11.9 Å². The maximum atomic E-state index is 5.11. The number of thiocarbonyl (C=S) groups is 1. The molecule has 0 heterocycles. The Morgan fingerprint density at radius 2 is 2.25 bits per heavy atom. The second kappa shape index (κ2) is 7.31. The first-order valence-electron chi connectivity index (χ1n) is 4.20. The molecule has 0 saturated carbocycles. The maximum Gasteiger partial charge on any atom is 0.168 e. The molecule has 0 bridgehead atoms. The quantitative estimate of drug-likeness (QED) is 0.650. The monoisotopic (exact) mass is 190 g/mol. The number of likely N-dealkylation sites (N-methyl/N-ethyl adjacent to an activating group) is 1. The lowest BCUT2D eigenvalue weighted by atomic mass is 10.5. The lowest BCUT2D eigenvalue weighted by Crippen LogP contribution is -2.38. The van der Waals surface area contributed by atoms with Crippen molar-refractivity contribution in [1.82, 2.24) is 10.2 Å². The standard InChI is InChI=1S/C8H18N2OS/c1-4-5-9-8(12)10(2)6-7-11-3/h4-7H2,1-3H3,(H,9,12). The molecule has 0 unspecified atom stereocenters. The molecule has 12 heavy (non-hydrogen) atoms. The number of ether oxygens (including phenoxy) is 1. The largest absolute Gasteiger partial charge is 0.383 e. The van der Waals surface area contributed by atoms with Crippen LogP contribution in [-0.2, 0) is 4.74 Å². The minimum Gasteiger partial charge on any atom is -0.383 e. The van der Waals surface area contributed by atoms with E-state index in [0.29, 0.717) is 6.61 Å².